The Kier molecular flexibility index (Phi) is 6.84. The SMILES string of the molecule is CCCCC(CC)CN1CCC(CCC)(C(=O)O)C1. The lowest BCUT2D eigenvalue weighted by atomic mass is 9.83. The summed E-state index contributed by atoms with van der Waals surface area (Å²) in [5.74, 6) is 0.157. The molecule has 1 heterocycles. The number of nitrogens with zero attached hydrogens (tertiary/aromatic N) is 1. The van der Waals surface area contributed by atoms with Crippen LogP contribution >= 0.6 is 0 Å². The monoisotopic (exact) mass is 269 g/mol. The fraction of sp³-hybridized carbons (Fsp3) is 0.938. The molecule has 0 spiro atoms. The fourth-order valence-corrected chi connectivity index (χ4v) is 3.36. The Morgan fingerprint density at radius 3 is 2.58 bits per heavy atom. The summed E-state index contributed by atoms with van der Waals surface area (Å²) in [7, 11) is 0. The van der Waals surface area contributed by atoms with Gasteiger partial charge < -0.3 is 10.0 Å². The quantitative estimate of drug-likeness (QED) is 0.692. The average molecular weight is 269 g/mol. The van der Waals surface area contributed by atoms with Crippen molar-refractivity contribution in [1.82, 2.24) is 4.90 Å². The standard InChI is InChI=1S/C16H31NO2/c1-4-7-8-14(6-3)12-17-11-10-16(13-17,9-5-2)15(18)19/h14H,4-13H2,1-3H3,(H,18,19). The molecule has 0 saturated carbocycles. The molecular weight excluding hydrogens is 238 g/mol. The molecule has 19 heavy (non-hydrogen) atoms. The third-order valence-electron chi connectivity index (χ3n) is 4.67. The molecule has 1 fully saturated rings. The Morgan fingerprint density at radius 2 is 2.05 bits per heavy atom. The molecule has 1 N–H and O–H groups in total. The van der Waals surface area contributed by atoms with Crippen molar-refractivity contribution in [3.05, 3.63) is 0 Å². The highest BCUT2D eigenvalue weighted by molar-refractivity contribution is 5.75. The highest BCUT2D eigenvalue weighted by atomic mass is 16.4. The topological polar surface area (TPSA) is 40.5 Å². The molecule has 0 aromatic carbocycles. The highest BCUT2D eigenvalue weighted by Crippen LogP contribution is 2.36. The van der Waals surface area contributed by atoms with Crippen molar-refractivity contribution in [2.75, 3.05) is 19.6 Å². The summed E-state index contributed by atoms with van der Waals surface area (Å²) in [4.78, 5) is 14.0. The van der Waals surface area contributed by atoms with Gasteiger partial charge in [-0.2, -0.15) is 0 Å². The van der Waals surface area contributed by atoms with Gasteiger partial charge in [0.2, 0.25) is 0 Å². The zero-order chi connectivity index (χ0) is 14.3. The van der Waals surface area contributed by atoms with Crippen LogP contribution in [-0.2, 0) is 4.79 Å². The van der Waals surface area contributed by atoms with E-state index >= 15 is 0 Å². The van der Waals surface area contributed by atoms with Crippen LogP contribution in [-0.4, -0.2) is 35.6 Å². The molecule has 0 aromatic rings. The van der Waals surface area contributed by atoms with E-state index < -0.39 is 11.4 Å². The Hall–Kier alpha value is -0.570. The van der Waals surface area contributed by atoms with Crippen molar-refractivity contribution in [2.24, 2.45) is 11.3 Å². The minimum absolute atomic E-state index is 0.461. The Balaban J connectivity index is 2.51. The molecule has 1 rings (SSSR count). The van der Waals surface area contributed by atoms with Crippen LogP contribution in [0.15, 0.2) is 0 Å². The van der Waals surface area contributed by atoms with Gasteiger partial charge in [0.25, 0.3) is 0 Å². The number of rotatable bonds is 9. The average Bonchev–Trinajstić information content (AvgIpc) is 2.79. The molecule has 0 amide bonds. The number of unbranched alkanes of at least 4 members (excludes halogenated alkanes) is 1. The first-order valence-corrected chi connectivity index (χ1v) is 8.03. The van der Waals surface area contributed by atoms with Crippen LogP contribution < -0.4 is 0 Å². The zero-order valence-electron chi connectivity index (χ0n) is 13.0. The molecule has 2 unspecified atom stereocenters. The number of carboxylic acids is 1. The molecule has 1 aliphatic rings. The molecule has 1 saturated heterocycles. The van der Waals surface area contributed by atoms with Crippen LogP contribution in [0.3, 0.4) is 0 Å². The summed E-state index contributed by atoms with van der Waals surface area (Å²) < 4.78 is 0. The number of aliphatic carboxylic acids is 1. The number of hydrogen-bond acceptors (Lipinski definition) is 2. The van der Waals surface area contributed by atoms with Crippen molar-refractivity contribution in [2.45, 2.75) is 65.7 Å². The van der Waals surface area contributed by atoms with Crippen LogP contribution in [0.1, 0.15) is 65.7 Å². The summed E-state index contributed by atoms with van der Waals surface area (Å²) in [6, 6.07) is 0. The van der Waals surface area contributed by atoms with Gasteiger partial charge in [0.05, 0.1) is 5.41 Å². The Labute approximate surface area is 118 Å². The Morgan fingerprint density at radius 1 is 1.32 bits per heavy atom. The first-order chi connectivity index (χ1) is 9.07. The summed E-state index contributed by atoms with van der Waals surface area (Å²) >= 11 is 0. The predicted molar refractivity (Wildman–Crippen MR) is 79.3 cm³/mol. The predicted octanol–water partition coefficient (Wildman–Crippen LogP) is 3.78. The maximum absolute atomic E-state index is 11.6. The first-order valence-electron chi connectivity index (χ1n) is 8.03. The van der Waals surface area contributed by atoms with Gasteiger partial charge >= 0.3 is 5.97 Å². The van der Waals surface area contributed by atoms with Crippen LogP contribution in [0, 0.1) is 11.3 Å². The molecule has 0 radical (unpaired) electrons. The molecule has 0 aliphatic carbocycles. The van der Waals surface area contributed by atoms with E-state index in [0.717, 1.165) is 44.8 Å². The molecule has 2 atom stereocenters. The summed E-state index contributed by atoms with van der Waals surface area (Å²) in [6.07, 6.45) is 7.68. The van der Waals surface area contributed by atoms with E-state index in [1.54, 1.807) is 0 Å². The van der Waals surface area contributed by atoms with E-state index in [4.69, 9.17) is 0 Å². The van der Waals surface area contributed by atoms with Crippen molar-refractivity contribution < 1.29 is 9.90 Å². The van der Waals surface area contributed by atoms with E-state index in [-0.39, 0.29) is 0 Å². The third kappa shape index (κ3) is 4.48. The number of likely N-dealkylation sites (tertiary alicyclic amines) is 1. The number of carboxylic acid groups (broad SMARTS) is 1. The van der Waals surface area contributed by atoms with E-state index in [1.807, 2.05) is 0 Å². The first kappa shape index (κ1) is 16.5. The second kappa shape index (κ2) is 7.88. The lowest BCUT2D eigenvalue weighted by molar-refractivity contribution is -0.148. The molecule has 0 bridgehead atoms. The van der Waals surface area contributed by atoms with Gasteiger partial charge in [0, 0.05) is 13.1 Å². The van der Waals surface area contributed by atoms with Gasteiger partial charge in [-0.1, -0.05) is 46.5 Å². The summed E-state index contributed by atoms with van der Waals surface area (Å²) in [6.45, 7) is 9.40. The van der Waals surface area contributed by atoms with Gasteiger partial charge in [-0.25, -0.2) is 0 Å². The van der Waals surface area contributed by atoms with Gasteiger partial charge in [-0.15, -0.1) is 0 Å². The van der Waals surface area contributed by atoms with Crippen LogP contribution in [0.5, 0.6) is 0 Å². The van der Waals surface area contributed by atoms with Crippen molar-refractivity contribution in [3.63, 3.8) is 0 Å². The molecule has 3 nitrogen and oxygen atoms in total. The lowest BCUT2D eigenvalue weighted by Gasteiger charge is -2.26. The molecule has 0 aromatic heterocycles. The summed E-state index contributed by atoms with van der Waals surface area (Å²) in [5.41, 5.74) is -0.461. The van der Waals surface area contributed by atoms with Crippen LogP contribution in [0.25, 0.3) is 0 Å². The van der Waals surface area contributed by atoms with Gasteiger partial charge in [0.15, 0.2) is 0 Å². The number of hydrogen-bond donors (Lipinski definition) is 1. The molecule has 3 heteroatoms. The smallest absolute Gasteiger partial charge is 0.310 e. The fourth-order valence-electron chi connectivity index (χ4n) is 3.36. The summed E-state index contributed by atoms with van der Waals surface area (Å²) in [5, 5.41) is 9.52. The van der Waals surface area contributed by atoms with Crippen molar-refractivity contribution in [1.29, 1.82) is 0 Å². The maximum atomic E-state index is 11.6. The molecule has 112 valence electrons. The van der Waals surface area contributed by atoms with Crippen LogP contribution in [0.4, 0.5) is 0 Å². The highest BCUT2D eigenvalue weighted by Gasteiger charge is 2.43. The lowest BCUT2D eigenvalue weighted by Crippen LogP contribution is -2.36. The van der Waals surface area contributed by atoms with Crippen molar-refractivity contribution in [3.8, 4) is 0 Å². The van der Waals surface area contributed by atoms with Gasteiger partial charge in [-0.05, 0) is 31.7 Å². The third-order valence-corrected chi connectivity index (χ3v) is 4.67. The normalized spacial score (nSPS) is 25.6. The second-order valence-electron chi connectivity index (χ2n) is 6.24. The van der Waals surface area contributed by atoms with E-state index in [2.05, 4.69) is 25.7 Å². The second-order valence-corrected chi connectivity index (χ2v) is 6.24. The minimum Gasteiger partial charge on any atom is -0.481 e. The molecular formula is C16H31NO2. The maximum Gasteiger partial charge on any atom is 0.310 e. The van der Waals surface area contributed by atoms with Gasteiger partial charge in [0.1, 0.15) is 0 Å². The van der Waals surface area contributed by atoms with E-state index in [9.17, 15) is 9.90 Å². The van der Waals surface area contributed by atoms with Crippen LogP contribution in [0.2, 0.25) is 0 Å². The van der Waals surface area contributed by atoms with E-state index in [0.29, 0.717) is 0 Å². The van der Waals surface area contributed by atoms with E-state index in [1.165, 1.54) is 25.7 Å². The van der Waals surface area contributed by atoms with Crippen molar-refractivity contribution >= 4 is 5.97 Å². The zero-order valence-corrected chi connectivity index (χ0v) is 13.0. The largest absolute Gasteiger partial charge is 0.481 e. The minimum atomic E-state index is -0.585. The number of carbonyl (C=O) groups is 1. The van der Waals surface area contributed by atoms with Gasteiger partial charge in [-0.3, -0.25) is 4.79 Å². The molecule has 1 aliphatic heterocycles. The Bertz CT molecular complexity index is 280.